The van der Waals surface area contributed by atoms with E-state index in [1.165, 1.54) is 13.8 Å². The lowest BCUT2D eigenvalue weighted by atomic mass is 9.84. The fourth-order valence-electron chi connectivity index (χ4n) is 14.2. The molecule has 4 aromatic rings. The van der Waals surface area contributed by atoms with Crippen molar-refractivity contribution in [2.24, 2.45) is 17.3 Å². The van der Waals surface area contributed by atoms with Crippen molar-refractivity contribution >= 4 is 17.6 Å². The van der Waals surface area contributed by atoms with E-state index in [2.05, 4.69) is 61.7 Å². The second-order valence-electron chi connectivity index (χ2n) is 30.9. The first-order chi connectivity index (χ1) is 53.2. The van der Waals surface area contributed by atoms with E-state index in [1.807, 2.05) is 45.6 Å². The van der Waals surface area contributed by atoms with E-state index in [9.17, 15) is 70.9 Å². The monoisotopic (exact) mass is 1580 g/mol. The van der Waals surface area contributed by atoms with E-state index in [0.29, 0.717) is 141 Å². The molecule has 21 atom stereocenters. The predicted molar refractivity (Wildman–Crippen MR) is 389 cm³/mol. The van der Waals surface area contributed by atoms with Gasteiger partial charge in [0.25, 0.3) is 0 Å². The Bertz CT molecular complexity index is 3330. The highest BCUT2D eigenvalue weighted by Gasteiger charge is 2.48. The SMILES string of the molecule is CC(=O)N[C@H]1[C@H](OCCCCCn2cc(CN(CCCCC(C(=O)C(C)(C)C)N(Cc3cn(CCCCCO[C@@H]4O[C@H](CO)[C@H](O)[C@H](O)[C@H]4C)nn3)Cc3cn(CCCCCO[C@@H]4O[C@H](CO)[C@H](O)[C@H](O)[C@H]4NC(C)=O)nn3)Cc3cn(CCCCCO[C@@H]4O[C@H](CO)[C@H](O)[C@H](O)[C@H]4C)nn3)nn2)O[C@H](CO)[C@H](O)[C@@H]1O. The maximum absolute atomic E-state index is 15.0. The van der Waals surface area contributed by atoms with Gasteiger partial charge < -0.3 is 110 Å². The van der Waals surface area contributed by atoms with E-state index in [0.717, 1.165) is 37.1 Å². The number of carbonyl (C=O) groups is 3. The number of aliphatic hydroxyl groups is 12. The Balaban J connectivity index is 0.912. The third-order valence-electron chi connectivity index (χ3n) is 20.7. The molecule has 0 spiro atoms. The third-order valence-corrected chi connectivity index (χ3v) is 20.7. The number of carbonyl (C=O) groups excluding carboxylic acids is 3. The summed E-state index contributed by atoms with van der Waals surface area (Å²) in [5.74, 6) is -1.86. The number of amides is 2. The van der Waals surface area contributed by atoms with E-state index in [1.54, 1.807) is 32.6 Å². The summed E-state index contributed by atoms with van der Waals surface area (Å²) in [5, 5.41) is 164. The molecule has 8 rings (SSSR count). The summed E-state index contributed by atoms with van der Waals surface area (Å²) >= 11 is 0. The molecule has 39 heteroatoms. The molecule has 4 fully saturated rings. The van der Waals surface area contributed by atoms with Gasteiger partial charge in [0.15, 0.2) is 30.9 Å². The summed E-state index contributed by atoms with van der Waals surface area (Å²) in [7, 11) is 0. The Labute approximate surface area is 647 Å². The number of ether oxygens (including phenoxy) is 8. The second kappa shape index (κ2) is 45.6. The zero-order chi connectivity index (χ0) is 80.3. The first-order valence-electron chi connectivity index (χ1n) is 39.3. The fraction of sp³-hybridized carbons (Fsp3) is 0.847. The summed E-state index contributed by atoms with van der Waals surface area (Å²) in [6, 6.07) is -2.70. The first-order valence-corrected chi connectivity index (χ1v) is 39.3. The van der Waals surface area contributed by atoms with Crippen LogP contribution in [0.1, 0.15) is 168 Å². The van der Waals surface area contributed by atoms with Crippen LogP contribution in [0.15, 0.2) is 24.8 Å². The van der Waals surface area contributed by atoms with Crippen LogP contribution in [-0.4, -0.2) is 325 Å². The van der Waals surface area contributed by atoms with Crippen molar-refractivity contribution in [2.75, 3.05) is 59.4 Å². The van der Waals surface area contributed by atoms with Gasteiger partial charge in [-0.3, -0.25) is 42.9 Å². The lowest BCUT2D eigenvalue weighted by Gasteiger charge is -2.42. The molecule has 14 N–H and O–H groups in total. The average Bonchev–Trinajstić information content (AvgIpc) is 1.81. The van der Waals surface area contributed by atoms with Crippen molar-refractivity contribution in [2.45, 2.75) is 314 Å². The van der Waals surface area contributed by atoms with E-state index >= 15 is 4.79 Å². The molecule has 1 unspecified atom stereocenters. The fourth-order valence-corrected chi connectivity index (χ4v) is 14.2. The summed E-state index contributed by atoms with van der Waals surface area (Å²) in [5.41, 5.74) is 1.96. The Morgan fingerprint density at radius 3 is 1.05 bits per heavy atom. The van der Waals surface area contributed by atoms with Gasteiger partial charge in [-0.15, -0.1) is 20.4 Å². The predicted octanol–water partition coefficient (Wildman–Crippen LogP) is -2.30. The van der Waals surface area contributed by atoms with Gasteiger partial charge in [0.2, 0.25) is 11.8 Å². The van der Waals surface area contributed by atoms with E-state index in [-0.39, 0.29) is 32.1 Å². The molecule has 0 aromatic carbocycles. The minimum atomic E-state index is -1.43. The zero-order valence-corrected chi connectivity index (χ0v) is 65.2. The molecule has 0 saturated carbocycles. The average molecular weight is 1580 g/mol. The van der Waals surface area contributed by atoms with Crippen LogP contribution < -0.4 is 10.6 Å². The summed E-state index contributed by atoms with van der Waals surface area (Å²) in [6.45, 7) is 14.9. The smallest absolute Gasteiger partial charge is 0.217 e. The standard InChI is InChI=1S/C72H124N16O23/c1-44-59(95)61(97)53(40-89)108-68(44)104-28-18-8-13-24-85-36-48(75-79-85)32-83(33-49-37-86(80-76-49)25-15-10-20-30-106-70-57(73-46(3)93)65(101)63(99)55(42-91)110-70)23-17-12-22-52(67(103)72(5,6)7)84(34-50-38-87(81-77-50)26-14-9-19-29-105-69-45(2)60(96)62(98)54(41-90)109-69)35-51-39-88(82-78-51)27-16-11-21-31-107-71-58(74-47(4)94)66(102)64(100)56(43-92)111-71/h36-39,44-45,52-66,68-71,89-92,95-102H,8-35,40-43H2,1-7H3,(H,73,93)(H,74,94)/t44-,45-,52?,53-,54-,55-,56-,57-,58-,59-,60-,61+,62+,63+,64+,65-,66-,68-,69-,70-,71-/m1/s1. The zero-order valence-electron chi connectivity index (χ0n) is 65.2. The van der Waals surface area contributed by atoms with Gasteiger partial charge in [0.05, 0.1) is 67.5 Å². The molecule has 8 heterocycles. The van der Waals surface area contributed by atoms with Crippen molar-refractivity contribution < 1.29 is 114 Å². The molecule has 0 aliphatic carbocycles. The number of hydrogen-bond donors (Lipinski definition) is 14. The number of ketones is 1. The number of nitrogens with one attached hydrogen (secondary N) is 2. The van der Waals surface area contributed by atoms with Gasteiger partial charge in [0.1, 0.15) is 73.1 Å². The Hall–Kier alpha value is -5.71. The van der Waals surface area contributed by atoms with Crippen LogP contribution in [-0.2, 0) is 105 Å². The molecular weight excluding hydrogens is 1460 g/mol. The Morgan fingerprint density at radius 1 is 0.432 bits per heavy atom. The van der Waals surface area contributed by atoms with Gasteiger partial charge in [-0.1, -0.05) is 61.9 Å². The largest absolute Gasteiger partial charge is 0.394 e. The van der Waals surface area contributed by atoms with E-state index < -0.39 is 172 Å². The molecule has 39 nitrogen and oxygen atoms in total. The van der Waals surface area contributed by atoms with Crippen LogP contribution >= 0.6 is 0 Å². The maximum atomic E-state index is 15.0. The number of Topliss-reactive ketones (excluding diaryl/α,β-unsaturated/α-hetero) is 1. The van der Waals surface area contributed by atoms with E-state index in [4.69, 9.17) is 37.9 Å². The lowest BCUT2D eigenvalue weighted by Crippen LogP contribution is -2.64. The number of hydrogen-bond acceptors (Lipinski definition) is 33. The molecule has 4 aromatic heterocycles. The van der Waals surface area contributed by atoms with Crippen molar-refractivity contribution in [3.05, 3.63) is 47.6 Å². The quantitative estimate of drug-likeness (QED) is 0.0207. The van der Waals surface area contributed by atoms with Gasteiger partial charge in [-0.05, 0) is 96.4 Å². The highest BCUT2D eigenvalue weighted by molar-refractivity contribution is 5.88. The Morgan fingerprint density at radius 2 is 0.739 bits per heavy atom. The van der Waals surface area contributed by atoms with Crippen molar-refractivity contribution in [1.82, 2.24) is 80.4 Å². The summed E-state index contributed by atoms with van der Waals surface area (Å²) in [6.07, 6.45) is -0.398. The summed E-state index contributed by atoms with van der Waals surface area (Å²) in [4.78, 5) is 43.2. The van der Waals surface area contributed by atoms with Gasteiger partial charge >= 0.3 is 0 Å². The number of aryl methyl sites for hydroxylation is 4. The molecule has 2 amide bonds. The van der Waals surface area contributed by atoms with Crippen LogP contribution in [0.3, 0.4) is 0 Å². The number of nitrogens with zero attached hydrogens (tertiary/aromatic N) is 14. The van der Waals surface area contributed by atoms with Gasteiger partial charge in [-0.25, -0.2) is 0 Å². The van der Waals surface area contributed by atoms with Gasteiger partial charge in [-0.2, -0.15) is 0 Å². The maximum Gasteiger partial charge on any atom is 0.217 e. The molecule has 4 aliphatic rings. The molecule has 111 heavy (non-hydrogen) atoms. The van der Waals surface area contributed by atoms with Gasteiger partial charge in [0, 0.05) is 135 Å². The number of aliphatic hydroxyl groups excluding tert-OH is 12. The number of aromatic nitrogens is 12. The minimum absolute atomic E-state index is 0.0252. The van der Waals surface area contributed by atoms with Crippen molar-refractivity contribution in [1.29, 1.82) is 0 Å². The summed E-state index contributed by atoms with van der Waals surface area (Å²) < 4.78 is 53.7. The molecule has 0 bridgehead atoms. The highest BCUT2D eigenvalue weighted by Crippen LogP contribution is 2.31. The van der Waals surface area contributed by atoms with Crippen LogP contribution in [0.4, 0.5) is 0 Å². The Kier molecular flexibility index (Phi) is 37.3. The van der Waals surface area contributed by atoms with Crippen LogP contribution in [0.2, 0.25) is 0 Å². The lowest BCUT2D eigenvalue weighted by molar-refractivity contribution is -0.282. The molecule has 0 radical (unpaired) electrons. The minimum Gasteiger partial charge on any atom is -0.394 e. The van der Waals surface area contributed by atoms with Crippen molar-refractivity contribution in [3.8, 4) is 0 Å². The van der Waals surface area contributed by atoms with Crippen LogP contribution in [0, 0.1) is 17.3 Å². The van der Waals surface area contributed by atoms with Crippen LogP contribution in [0.25, 0.3) is 0 Å². The molecule has 630 valence electrons. The normalized spacial score (nSPS) is 29.0. The third kappa shape index (κ3) is 27.5. The second-order valence-corrected chi connectivity index (χ2v) is 30.9. The van der Waals surface area contributed by atoms with Crippen LogP contribution in [0.5, 0.6) is 0 Å². The number of rotatable bonds is 49. The van der Waals surface area contributed by atoms with Crippen molar-refractivity contribution in [3.63, 3.8) is 0 Å². The topological polar surface area (TPSA) is 521 Å². The molecular formula is C72H124N16O23. The highest BCUT2D eigenvalue weighted by atomic mass is 16.7. The molecule has 4 aliphatic heterocycles. The first kappa shape index (κ1) is 90.8. The number of unbranched alkanes of at least 4 members (excludes halogenated alkanes) is 9. The molecule has 4 saturated heterocycles.